The largest absolute Gasteiger partial charge is 0.473 e. The molecule has 0 spiro atoms. The van der Waals surface area contributed by atoms with Gasteiger partial charge in [0.25, 0.3) is 0 Å². The van der Waals surface area contributed by atoms with Crippen molar-refractivity contribution >= 4 is 22.5 Å². The maximum absolute atomic E-state index is 6.36. The number of rotatable bonds is 7. The molecule has 0 radical (unpaired) electrons. The normalized spacial score (nSPS) is 10.9. The van der Waals surface area contributed by atoms with Gasteiger partial charge in [0.15, 0.2) is 0 Å². The fraction of sp³-hybridized carbons (Fsp3) is 0.103. The van der Waals surface area contributed by atoms with Gasteiger partial charge in [-0.15, -0.1) is 0 Å². The third kappa shape index (κ3) is 4.87. The summed E-state index contributed by atoms with van der Waals surface area (Å²) in [6.07, 6.45) is 1.84. The average molecular weight is 467 g/mol. The fourth-order valence-corrected chi connectivity index (χ4v) is 3.92. The van der Waals surface area contributed by atoms with Crippen LogP contribution in [0.3, 0.4) is 0 Å². The summed E-state index contributed by atoms with van der Waals surface area (Å²) < 4.78 is 12.1. The van der Waals surface area contributed by atoms with E-state index < -0.39 is 0 Å². The zero-order valence-corrected chi connectivity index (χ0v) is 19.5. The molecule has 0 aliphatic heterocycles. The molecule has 0 saturated heterocycles. The van der Waals surface area contributed by atoms with Crippen LogP contribution in [0.4, 0.5) is 0 Å². The Labute approximate surface area is 203 Å². The molecule has 0 saturated carbocycles. The molecule has 5 heteroatoms. The monoisotopic (exact) mass is 466 g/mol. The molecule has 0 aliphatic carbocycles. The lowest BCUT2D eigenvalue weighted by Crippen LogP contribution is -2.02. The number of benzene rings is 3. The van der Waals surface area contributed by atoms with E-state index in [1.807, 2.05) is 98.0 Å². The minimum absolute atomic E-state index is 0.398. The van der Waals surface area contributed by atoms with Crippen LogP contribution in [0.2, 0.25) is 5.02 Å². The third-order valence-electron chi connectivity index (χ3n) is 5.66. The van der Waals surface area contributed by atoms with Gasteiger partial charge in [-0.1, -0.05) is 72.3 Å². The van der Waals surface area contributed by atoms with Gasteiger partial charge in [0, 0.05) is 33.8 Å². The number of ether oxygens (including phenoxy) is 2. The molecule has 4 nitrogen and oxygen atoms in total. The molecule has 0 aliphatic rings. The van der Waals surface area contributed by atoms with Crippen molar-refractivity contribution in [1.82, 2.24) is 9.97 Å². The standard InChI is InChI=1S/C29H23ClN2O2/c1-20-25-16-23(17-31-27(25)14-13-26(20)30)24-12-15-28(33-18-21-8-4-2-5-9-21)32-29(24)34-19-22-10-6-3-7-11-22/h2-17H,18-19H2,1H3. The van der Waals surface area contributed by atoms with Crippen LogP contribution in [0.25, 0.3) is 22.0 Å². The predicted molar refractivity (Wildman–Crippen MR) is 136 cm³/mol. The first-order valence-corrected chi connectivity index (χ1v) is 11.4. The number of aryl methyl sites for hydroxylation is 1. The molecule has 0 unspecified atom stereocenters. The first kappa shape index (κ1) is 21.9. The van der Waals surface area contributed by atoms with Crippen LogP contribution in [-0.2, 0) is 13.2 Å². The zero-order chi connectivity index (χ0) is 23.3. The highest BCUT2D eigenvalue weighted by Crippen LogP contribution is 2.34. The van der Waals surface area contributed by atoms with Gasteiger partial charge in [0.05, 0.1) is 5.52 Å². The van der Waals surface area contributed by atoms with E-state index in [4.69, 9.17) is 26.1 Å². The van der Waals surface area contributed by atoms with Gasteiger partial charge in [0.2, 0.25) is 11.8 Å². The number of nitrogens with zero attached hydrogens (tertiary/aromatic N) is 2. The molecule has 2 heterocycles. The molecule has 2 aromatic heterocycles. The van der Waals surface area contributed by atoms with E-state index in [-0.39, 0.29) is 0 Å². The van der Waals surface area contributed by atoms with Crippen LogP contribution >= 0.6 is 11.6 Å². The van der Waals surface area contributed by atoms with Crippen molar-refractivity contribution in [2.24, 2.45) is 0 Å². The van der Waals surface area contributed by atoms with Crippen molar-refractivity contribution in [1.29, 1.82) is 0 Å². The van der Waals surface area contributed by atoms with Crippen LogP contribution in [-0.4, -0.2) is 9.97 Å². The Morgan fingerprint density at radius 3 is 2.15 bits per heavy atom. The van der Waals surface area contributed by atoms with E-state index >= 15 is 0 Å². The molecule has 0 fully saturated rings. The minimum atomic E-state index is 0.398. The predicted octanol–water partition coefficient (Wildman–Crippen LogP) is 7.42. The highest BCUT2D eigenvalue weighted by molar-refractivity contribution is 6.32. The number of hydrogen-bond acceptors (Lipinski definition) is 4. The number of fused-ring (bicyclic) bond motifs is 1. The van der Waals surface area contributed by atoms with E-state index in [1.54, 1.807) is 0 Å². The number of hydrogen-bond donors (Lipinski definition) is 0. The van der Waals surface area contributed by atoms with Gasteiger partial charge in [-0.25, -0.2) is 0 Å². The van der Waals surface area contributed by atoms with E-state index in [9.17, 15) is 0 Å². The Balaban J connectivity index is 1.49. The summed E-state index contributed by atoms with van der Waals surface area (Å²) in [5.74, 6) is 0.999. The lowest BCUT2D eigenvalue weighted by atomic mass is 10.0. The Morgan fingerprint density at radius 1 is 0.765 bits per heavy atom. The first-order chi connectivity index (χ1) is 16.7. The SMILES string of the molecule is Cc1c(Cl)ccc2ncc(-c3ccc(OCc4ccccc4)nc3OCc3ccccc3)cc12. The first-order valence-electron chi connectivity index (χ1n) is 11.1. The maximum Gasteiger partial charge on any atom is 0.225 e. The van der Waals surface area contributed by atoms with Crippen LogP contribution in [0.5, 0.6) is 11.8 Å². The second kappa shape index (κ2) is 9.94. The van der Waals surface area contributed by atoms with Crippen molar-refractivity contribution in [3.63, 3.8) is 0 Å². The summed E-state index contributed by atoms with van der Waals surface area (Å²) in [6, 6.07) is 29.8. The third-order valence-corrected chi connectivity index (χ3v) is 6.07. The summed E-state index contributed by atoms with van der Waals surface area (Å²) in [5, 5.41) is 1.72. The van der Waals surface area contributed by atoms with Crippen LogP contribution in [0.15, 0.2) is 97.2 Å². The topological polar surface area (TPSA) is 44.2 Å². The molecule has 168 valence electrons. The van der Waals surface area contributed by atoms with Crippen molar-refractivity contribution in [2.75, 3.05) is 0 Å². The molecule has 0 bridgehead atoms. The summed E-state index contributed by atoms with van der Waals surface area (Å²) >= 11 is 6.36. The highest BCUT2D eigenvalue weighted by atomic mass is 35.5. The number of halogens is 1. The van der Waals surface area contributed by atoms with Gasteiger partial charge in [0.1, 0.15) is 13.2 Å². The lowest BCUT2D eigenvalue weighted by molar-refractivity contribution is 0.268. The zero-order valence-electron chi connectivity index (χ0n) is 18.7. The highest BCUT2D eigenvalue weighted by Gasteiger charge is 2.14. The molecule has 5 aromatic rings. The van der Waals surface area contributed by atoms with E-state index in [0.29, 0.717) is 25.0 Å². The van der Waals surface area contributed by atoms with Gasteiger partial charge in [-0.3, -0.25) is 4.98 Å². The molecular formula is C29H23ClN2O2. The van der Waals surface area contributed by atoms with E-state index in [1.165, 1.54) is 0 Å². The van der Waals surface area contributed by atoms with E-state index in [0.717, 1.165) is 43.7 Å². The molecule has 5 rings (SSSR count). The van der Waals surface area contributed by atoms with Crippen molar-refractivity contribution in [3.05, 3.63) is 119 Å². The van der Waals surface area contributed by atoms with Gasteiger partial charge < -0.3 is 9.47 Å². The quantitative estimate of drug-likeness (QED) is 0.250. The summed E-state index contributed by atoms with van der Waals surface area (Å²) in [7, 11) is 0. The smallest absolute Gasteiger partial charge is 0.225 e. The lowest BCUT2D eigenvalue weighted by Gasteiger charge is -2.14. The van der Waals surface area contributed by atoms with Crippen molar-refractivity contribution in [2.45, 2.75) is 20.1 Å². The average Bonchev–Trinajstić information content (AvgIpc) is 2.89. The second-order valence-corrected chi connectivity index (χ2v) is 8.42. The molecule has 0 atom stereocenters. The Kier molecular flexibility index (Phi) is 6.41. The van der Waals surface area contributed by atoms with Gasteiger partial charge in [-0.2, -0.15) is 4.98 Å². The number of aromatic nitrogens is 2. The van der Waals surface area contributed by atoms with Crippen LogP contribution in [0, 0.1) is 6.92 Å². The van der Waals surface area contributed by atoms with Crippen molar-refractivity contribution in [3.8, 4) is 22.9 Å². The van der Waals surface area contributed by atoms with Crippen molar-refractivity contribution < 1.29 is 9.47 Å². The van der Waals surface area contributed by atoms with Crippen LogP contribution < -0.4 is 9.47 Å². The van der Waals surface area contributed by atoms with Crippen LogP contribution in [0.1, 0.15) is 16.7 Å². The molecule has 3 aromatic carbocycles. The summed E-state index contributed by atoms with van der Waals surface area (Å²) in [5.41, 5.74) is 5.78. The Hall–Kier alpha value is -3.89. The Bertz CT molecular complexity index is 1420. The number of pyridine rings is 2. The fourth-order valence-electron chi connectivity index (χ4n) is 3.75. The molecular weight excluding hydrogens is 444 g/mol. The molecule has 34 heavy (non-hydrogen) atoms. The maximum atomic E-state index is 6.36. The summed E-state index contributed by atoms with van der Waals surface area (Å²) in [4.78, 5) is 9.35. The Morgan fingerprint density at radius 2 is 1.44 bits per heavy atom. The second-order valence-electron chi connectivity index (χ2n) is 8.01. The summed E-state index contributed by atoms with van der Waals surface area (Å²) in [6.45, 7) is 2.83. The molecule has 0 amide bonds. The van der Waals surface area contributed by atoms with E-state index in [2.05, 4.69) is 11.1 Å². The van der Waals surface area contributed by atoms with Gasteiger partial charge >= 0.3 is 0 Å². The molecule has 0 N–H and O–H groups in total. The van der Waals surface area contributed by atoms with Gasteiger partial charge in [-0.05, 0) is 47.9 Å². The minimum Gasteiger partial charge on any atom is -0.473 e.